The Balaban J connectivity index is 2.28. The third kappa shape index (κ3) is 3.17. The summed E-state index contributed by atoms with van der Waals surface area (Å²) < 4.78 is 52.8. The zero-order valence-corrected chi connectivity index (χ0v) is 11.4. The first-order valence-electron chi connectivity index (χ1n) is 5.77. The first-order chi connectivity index (χ1) is 9.40. The van der Waals surface area contributed by atoms with Gasteiger partial charge in [0.1, 0.15) is 16.5 Å². The molecule has 0 radical (unpaired) electrons. The van der Waals surface area contributed by atoms with Crippen molar-refractivity contribution in [2.45, 2.75) is 17.9 Å². The fourth-order valence-electron chi connectivity index (χ4n) is 1.69. The molecule has 1 N–H and O–H groups in total. The van der Waals surface area contributed by atoms with Gasteiger partial charge in [-0.05, 0) is 30.7 Å². The molecule has 0 bridgehead atoms. The van der Waals surface area contributed by atoms with Crippen LogP contribution in [-0.2, 0) is 10.0 Å². The van der Waals surface area contributed by atoms with Crippen molar-refractivity contribution in [3.63, 3.8) is 0 Å². The van der Waals surface area contributed by atoms with E-state index in [0.29, 0.717) is 11.6 Å². The number of sulfonamides is 1. The number of halogens is 2. The number of pyridine rings is 1. The molecule has 1 aromatic heterocycles. The van der Waals surface area contributed by atoms with Gasteiger partial charge in [0, 0.05) is 24.5 Å². The summed E-state index contributed by atoms with van der Waals surface area (Å²) in [5, 5.41) is 0. The molecule has 1 atom stereocenters. The first kappa shape index (κ1) is 14.5. The number of hydrogen-bond acceptors (Lipinski definition) is 3. The summed E-state index contributed by atoms with van der Waals surface area (Å²) in [5.41, 5.74) is 0.638. The molecule has 0 saturated carbocycles. The van der Waals surface area contributed by atoms with E-state index in [1.165, 1.54) is 6.20 Å². The number of rotatable bonds is 4. The van der Waals surface area contributed by atoms with Crippen LogP contribution in [0.1, 0.15) is 18.5 Å². The molecule has 0 aliphatic rings. The lowest BCUT2D eigenvalue weighted by atomic mass is 10.2. The van der Waals surface area contributed by atoms with Gasteiger partial charge in [-0.2, -0.15) is 0 Å². The van der Waals surface area contributed by atoms with Crippen LogP contribution in [0.15, 0.2) is 47.6 Å². The van der Waals surface area contributed by atoms with Crippen LogP contribution in [0.3, 0.4) is 0 Å². The molecule has 0 amide bonds. The Morgan fingerprint density at radius 1 is 1.25 bits per heavy atom. The first-order valence-corrected chi connectivity index (χ1v) is 7.26. The van der Waals surface area contributed by atoms with Crippen molar-refractivity contribution in [2.24, 2.45) is 0 Å². The van der Waals surface area contributed by atoms with Crippen molar-refractivity contribution < 1.29 is 17.2 Å². The van der Waals surface area contributed by atoms with E-state index >= 15 is 0 Å². The van der Waals surface area contributed by atoms with Crippen LogP contribution in [0.5, 0.6) is 0 Å². The molecule has 2 rings (SSSR count). The highest BCUT2D eigenvalue weighted by molar-refractivity contribution is 7.89. The molecule has 7 heteroatoms. The minimum absolute atomic E-state index is 0.531. The van der Waals surface area contributed by atoms with Crippen LogP contribution in [0.4, 0.5) is 8.78 Å². The van der Waals surface area contributed by atoms with Crippen molar-refractivity contribution in [2.75, 3.05) is 0 Å². The number of benzene rings is 1. The Labute approximate surface area is 115 Å². The Morgan fingerprint density at radius 2 is 2.00 bits per heavy atom. The van der Waals surface area contributed by atoms with Crippen LogP contribution < -0.4 is 4.72 Å². The van der Waals surface area contributed by atoms with Crippen molar-refractivity contribution in [1.29, 1.82) is 0 Å². The molecular formula is C13H12F2N2O2S. The molecule has 0 aliphatic carbocycles. The van der Waals surface area contributed by atoms with E-state index in [9.17, 15) is 17.2 Å². The number of nitrogens with one attached hydrogen (secondary N) is 1. The van der Waals surface area contributed by atoms with Gasteiger partial charge in [0.05, 0.1) is 0 Å². The van der Waals surface area contributed by atoms with E-state index in [4.69, 9.17) is 0 Å². The topological polar surface area (TPSA) is 59.1 Å². The Morgan fingerprint density at radius 3 is 2.60 bits per heavy atom. The molecule has 1 aromatic carbocycles. The molecule has 2 aromatic rings. The van der Waals surface area contributed by atoms with E-state index in [1.54, 1.807) is 25.3 Å². The molecule has 1 heterocycles. The van der Waals surface area contributed by atoms with Crippen LogP contribution in [0.25, 0.3) is 0 Å². The number of nitrogens with zero attached hydrogens (tertiary/aromatic N) is 1. The van der Waals surface area contributed by atoms with Crippen LogP contribution >= 0.6 is 0 Å². The van der Waals surface area contributed by atoms with Crippen molar-refractivity contribution >= 4 is 10.0 Å². The smallest absolute Gasteiger partial charge is 0.244 e. The summed E-state index contributed by atoms with van der Waals surface area (Å²) >= 11 is 0. The highest BCUT2D eigenvalue weighted by atomic mass is 32.2. The quantitative estimate of drug-likeness (QED) is 0.943. The maximum atomic E-state index is 13.5. The van der Waals surface area contributed by atoms with Gasteiger partial charge in [0.15, 0.2) is 0 Å². The van der Waals surface area contributed by atoms with Gasteiger partial charge in [-0.25, -0.2) is 21.9 Å². The van der Waals surface area contributed by atoms with E-state index < -0.39 is 32.6 Å². The summed E-state index contributed by atoms with van der Waals surface area (Å²) in [6.45, 7) is 1.61. The van der Waals surface area contributed by atoms with Gasteiger partial charge in [-0.15, -0.1) is 0 Å². The van der Waals surface area contributed by atoms with Crippen LogP contribution in [-0.4, -0.2) is 13.4 Å². The van der Waals surface area contributed by atoms with E-state index in [0.717, 1.165) is 12.1 Å². The summed E-state index contributed by atoms with van der Waals surface area (Å²) in [6.07, 6.45) is 3.07. The number of hydrogen-bond donors (Lipinski definition) is 1. The molecule has 1 unspecified atom stereocenters. The maximum absolute atomic E-state index is 13.5. The lowest BCUT2D eigenvalue weighted by Crippen LogP contribution is -2.27. The minimum atomic E-state index is -4.07. The standard InChI is InChI=1S/C13H12F2N2O2S/c1-9(10-3-2-6-16-8-10)17-20(18,19)13-5-4-11(14)7-12(13)15/h2-9,17H,1H3. The van der Waals surface area contributed by atoms with E-state index in [1.807, 2.05) is 0 Å². The lowest BCUT2D eigenvalue weighted by Gasteiger charge is -2.14. The zero-order chi connectivity index (χ0) is 14.8. The molecule has 0 spiro atoms. The molecule has 20 heavy (non-hydrogen) atoms. The molecule has 0 saturated heterocycles. The minimum Gasteiger partial charge on any atom is -0.264 e. The zero-order valence-electron chi connectivity index (χ0n) is 10.5. The van der Waals surface area contributed by atoms with Crippen LogP contribution in [0, 0.1) is 11.6 Å². The average molecular weight is 298 g/mol. The summed E-state index contributed by atoms with van der Waals surface area (Å²) in [5.74, 6) is -1.96. The Hall–Kier alpha value is -1.86. The Kier molecular flexibility index (Phi) is 4.10. The van der Waals surface area contributed by atoms with E-state index in [2.05, 4.69) is 9.71 Å². The van der Waals surface area contributed by atoms with Gasteiger partial charge in [-0.1, -0.05) is 6.07 Å². The molecule has 0 aliphatic heterocycles. The summed E-state index contributed by atoms with van der Waals surface area (Å²) in [4.78, 5) is 3.29. The average Bonchev–Trinajstić information content (AvgIpc) is 2.38. The summed E-state index contributed by atoms with van der Waals surface area (Å²) in [6, 6.07) is 5.09. The van der Waals surface area contributed by atoms with Crippen LogP contribution in [0.2, 0.25) is 0 Å². The van der Waals surface area contributed by atoms with Gasteiger partial charge in [0.25, 0.3) is 0 Å². The number of aromatic nitrogens is 1. The SMILES string of the molecule is CC(NS(=O)(=O)c1ccc(F)cc1F)c1cccnc1. The van der Waals surface area contributed by atoms with Crippen molar-refractivity contribution in [3.05, 3.63) is 59.9 Å². The van der Waals surface area contributed by atoms with Gasteiger partial charge >= 0.3 is 0 Å². The second kappa shape index (κ2) is 5.64. The van der Waals surface area contributed by atoms with Gasteiger partial charge in [0.2, 0.25) is 10.0 Å². The third-order valence-corrected chi connectivity index (χ3v) is 4.27. The van der Waals surface area contributed by atoms with E-state index in [-0.39, 0.29) is 0 Å². The second-order valence-electron chi connectivity index (χ2n) is 4.20. The second-order valence-corrected chi connectivity index (χ2v) is 5.89. The third-order valence-electron chi connectivity index (χ3n) is 2.70. The van der Waals surface area contributed by atoms with Crippen molar-refractivity contribution in [1.82, 2.24) is 9.71 Å². The van der Waals surface area contributed by atoms with Gasteiger partial charge < -0.3 is 0 Å². The normalized spacial score (nSPS) is 13.2. The largest absolute Gasteiger partial charge is 0.264 e. The molecule has 4 nitrogen and oxygen atoms in total. The monoisotopic (exact) mass is 298 g/mol. The highest BCUT2D eigenvalue weighted by Crippen LogP contribution is 2.19. The summed E-state index contributed by atoms with van der Waals surface area (Å²) in [7, 11) is -4.07. The predicted octanol–water partition coefficient (Wildman–Crippen LogP) is 2.40. The van der Waals surface area contributed by atoms with Crippen molar-refractivity contribution in [3.8, 4) is 0 Å². The fourth-order valence-corrected chi connectivity index (χ4v) is 2.98. The fraction of sp³-hybridized carbons (Fsp3) is 0.154. The highest BCUT2D eigenvalue weighted by Gasteiger charge is 2.22. The molecule has 0 fully saturated rings. The molecule has 106 valence electrons. The Bertz CT molecular complexity index is 706. The predicted molar refractivity (Wildman–Crippen MR) is 69.3 cm³/mol. The van der Waals surface area contributed by atoms with Gasteiger partial charge in [-0.3, -0.25) is 4.98 Å². The molecular weight excluding hydrogens is 286 g/mol. The maximum Gasteiger partial charge on any atom is 0.244 e. The lowest BCUT2D eigenvalue weighted by molar-refractivity contribution is 0.536.